The molecule has 0 aliphatic heterocycles. The van der Waals surface area contributed by atoms with Crippen LogP contribution >= 0.6 is 11.8 Å². The van der Waals surface area contributed by atoms with Crippen molar-refractivity contribution in [3.05, 3.63) is 133 Å². The normalized spacial score (nSPS) is 12.0. The number of fused-ring (bicyclic) bond motifs is 3. The molecule has 0 aliphatic carbocycles. The zero-order chi connectivity index (χ0) is 32.9. The Balaban J connectivity index is 0.00000401. The molecule has 0 bridgehead atoms. The number of para-hydroxylation sites is 2. The van der Waals surface area contributed by atoms with Crippen molar-refractivity contribution in [3.8, 4) is 33.8 Å². The monoisotopic (exact) mass is 827 g/mol. The first-order chi connectivity index (χ1) is 22.5. The minimum Gasteiger partial charge on any atom is -0.506 e. The van der Waals surface area contributed by atoms with E-state index in [4.69, 9.17) is 4.98 Å². The van der Waals surface area contributed by atoms with Crippen molar-refractivity contribution in [2.24, 2.45) is 0 Å². The molecule has 244 valence electrons. The van der Waals surface area contributed by atoms with Gasteiger partial charge < -0.3 is 5.11 Å². The minimum atomic E-state index is -0.190. The van der Waals surface area contributed by atoms with Gasteiger partial charge in [-0.15, -0.1) is 29.8 Å². The van der Waals surface area contributed by atoms with Crippen LogP contribution in [0.5, 0.6) is 5.75 Å². The summed E-state index contributed by atoms with van der Waals surface area (Å²) < 4.78 is 2.10. The molecule has 4 nitrogen and oxygen atoms in total. The second-order valence-electron chi connectivity index (χ2n) is 14.1. The van der Waals surface area contributed by atoms with Gasteiger partial charge in [-0.1, -0.05) is 118 Å². The van der Waals surface area contributed by atoms with Crippen LogP contribution in [0.1, 0.15) is 52.7 Å². The Morgan fingerprint density at radius 3 is 2.19 bits per heavy atom. The molecule has 6 heteroatoms. The molecule has 0 unspecified atom stereocenters. The number of benzene rings is 4. The Hall–Kier alpha value is -4.18. The molecular weight excluding hydrogens is 790 g/mol. The van der Waals surface area contributed by atoms with E-state index in [1.165, 1.54) is 5.56 Å². The molecule has 0 radical (unpaired) electrons. The predicted octanol–water partition coefficient (Wildman–Crippen LogP) is 11.2. The first-order valence-corrected chi connectivity index (χ1v) is 16.8. The molecule has 7 aromatic rings. The smallest absolute Gasteiger partial charge is 0.139 e. The fourth-order valence-electron chi connectivity index (χ4n) is 6.11. The molecule has 0 atom stereocenters. The molecule has 0 spiro atoms. The molecule has 4 aromatic carbocycles. The summed E-state index contributed by atoms with van der Waals surface area (Å²) in [5.41, 5.74) is 8.82. The maximum absolute atomic E-state index is 11.1. The summed E-state index contributed by atoms with van der Waals surface area (Å²) in [4.78, 5) is 11.1. The number of pyridine rings is 2. The molecular formula is C42H38N3OPtS-. The van der Waals surface area contributed by atoms with Gasteiger partial charge in [-0.2, -0.15) is 0 Å². The van der Waals surface area contributed by atoms with Crippen LogP contribution in [0.25, 0.3) is 50.0 Å². The Bertz CT molecular complexity index is 2260. The van der Waals surface area contributed by atoms with E-state index in [-0.39, 0.29) is 37.6 Å². The van der Waals surface area contributed by atoms with Gasteiger partial charge in [0.25, 0.3) is 0 Å². The number of phenolic OH excluding ortho intramolecular Hbond substituents is 1. The average molecular weight is 828 g/mol. The second-order valence-corrected chi connectivity index (χ2v) is 15.2. The van der Waals surface area contributed by atoms with Gasteiger partial charge in [-0.25, -0.2) is 4.98 Å². The zero-order valence-corrected chi connectivity index (χ0v) is 31.1. The molecule has 0 aliphatic rings. The molecule has 0 fully saturated rings. The van der Waals surface area contributed by atoms with Gasteiger partial charge in [0.1, 0.15) is 11.4 Å². The number of aromatic nitrogens is 3. The summed E-state index contributed by atoms with van der Waals surface area (Å²) in [6, 6.07) is 40.9. The Morgan fingerprint density at radius 1 is 0.708 bits per heavy atom. The van der Waals surface area contributed by atoms with Gasteiger partial charge in [0.2, 0.25) is 0 Å². The number of nitrogens with zero attached hydrogens (tertiary/aromatic N) is 3. The summed E-state index contributed by atoms with van der Waals surface area (Å²) in [5, 5.41) is 14.2. The van der Waals surface area contributed by atoms with E-state index in [2.05, 4.69) is 130 Å². The first-order valence-electron chi connectivity index (χ1n) is 16.0. The SMILES string of the molecule is CC(C)(C)c1ccc2c(c1)c1cc(C(C)(C)C)c(-c3[c-]c(Sc4cc(-c5ccccc5)ccn4)ccc3)nc1n2-c1ccccc1O.[Pt]. The largest absolute Gasteiger partial charge is 0.506 e. The number of aromatic hydroxyl groups is 1. The molecule has 0 saturated carbocycles. The Morgan fingerprint density at radius 2 is 1.46 bits per heavy atom. The minimum absolute atomic E-state index is 0. The van der Waals surface area contributed by atoms with Crippen LogP contribution in [0, 0.1) is 6.07 Å². The molecule has 48 heavy (non-hydrogen) atoms. The van der Waals surface area contributed by atoms with Crippen LogP contribution in [-0.2, 0) is 31.9 Å². The van der Waals surface area contributed by atoms with Crippen molar-refractivity contribution in [2.75, 3.05) is 0 Å². The van der Waals surface area contributed by atoms with E-state index in [0.717, 1.165) is 59.8 Å². The average Bonchev–Trinajstić information content (AvgIpc) is 3.37. The predicted molar refractivity (Wildman–Crippen MR) is 196 cm³/mol. The third kappa shape index (κ3) is 6.46. The summed E-state index contributed by atoms with van der Waals surface area (Å²) in [7, 11) is 0. The summed E-state index contributed by atoms with van der Waals surface area (Å²) in [5.74, 6) is 0.213. The fraction of sp³-hybridized carbons (Fsp3) is 0.190. The third-order valence-corrected chi connectivity index (χ3v) is 9.51. The van der Waals surface area contributed by atoms with Crippen LogP contribution < -0.4 is 0 Å². The van der Waals surface area contributed by atoms with Gasteiger partial charge in [-0.3, -0.25) is 9.55 Å². The van der Waals surface area contributed by atoms with Gasteiger partial charge in [0.15, 0.2) is 0 Å². The Labute approximate surface area is 301 Å². The van der Waals surface area contributed by atoms with Gasteiger partial charge in [-0.05, 0) is 69.6 Å². The van der Waals surface area contributed by atoms with Crippen LogP contribution in [-0.4, -0.2) is 19.6 Å². The summed E-state index contributed by atoms with van der Waals surface area (Å²) >= 11 is 1.60. The maximum Gasteiger partial charge on any atom is 0.139 e. The van der Waals surface area contributed by atoms with Crippen molar-refractivity contribution >= 4 is 33.7 Å². The van der Waals surface area contributed by atoms with E-state index >= 15 is 0 Å². The zero-order valence-electron chi connectivity index (χ0n) is 28.0. The number of hydrogen-bond donors (Lipinski definition) is 1. The van der Waals surface area contributed by atoms with Crippen LogP contribution in [0.15, 0.2) is 125 Å². The first kappa shape index (κ1) is 33.7. The van der Waals surface area contributed by atoms with Crippen molar-refractivity contribution in [2.45, 2.75) is 62.3 Å². The number of phenols is 1. The van der Waals surface area contributed by atoms with Crippen molar-refractivity contribution in [3.63, 3.8) is 0 Å². The maximum atomic E-state index is 11.1. The van der Waals surface area contributed by atoms with Crippen LogP contribution in [0.4, 0.5) is 0 Å². The summed E-state index contributed by atoms with van der Waals surface area (Å²) in [6.07, 6.45) is 1.87. The second kappa shape index (κ2) is 13.0. The molecule has 1 N–H and O–H groups in total. The number of hydrogen-bond acceptors (Lipinski definition) is 4. The number of rotatable bonds is 5. The van der Waals surface area contributed by atoms with Crippen LogP contribution in [0.2, 0.25) is 0 Å². The van der Waals surface area contributed by atoms with Gasteiger partial charge in [0.05, 0.1) is 16.2 Å². The fourth-order valence-corrected chi connectivity index (χ4v) is 6.94. The van der Waals surface area contributed by atoms with E-state index in [9.17, 15) is 5.11 Å². The van der Waals surface area contributed by atoms with Crippen molar-refractivity contribution < 1.29 is 26.2 Å². The summed E-state index contributed by atoms with van der Waals surface area (Å²) in [6.45, 7) is 13.4. The molecule has 0 amide bonds. The topological polar surface area (TPSA) is 50.9 Å². The third-order valence-electron chi connectivity index (χ3n) is 8.62. The quantitative estimate of drug-likeness (QED) is 0.176. The van der Waals surface area contributed by atoms with Crippen molar-refractivity contribution in [1.82, 2.24) is 14.5 Å². The van der Waals surface area contributed by atoms with E-state index in [1.54, 1.807) is 17.8 Å². The van der Waals surface area contributed by atoms with E-state index in [0.29, 0.717) is 5.69 Å². The van der Waals surface area contributed by atoms with E-state index < -0.39 is 0 Å². The molecule has 0 saturated heterocycles. The standard InChI is InChI=1S/C42H38N3OS.Pt/c1-41(2,3)30-19-20-35-32(25-30)33-26-34(42(4,5)6)39(44-40(33)45(35)36-17-10-11-18-37(36)46)29-15-12-16-31(23-29)47-38-24-28(21-22-43-38)27-13-8-7-9-14-27;/h7-22,24-26,46H,1-6H3;/q-1;. The van der Waals surface area contributed by atoms with Crippen LogP contribution in [0.3, 0.4) is 0 Å². The van der Waals surface area contributed by atoms with E-state index in [1.807, 2.05) is 36.5 Å². The van der Waals surface area contributed by atoms with Crippen molar-refractivity contribution in [1.29, 1.82) is 0 Å². The molecule has 7 rings (SSSR count). The van der Waals surface area contributed by atoms with Gasteiger partial charge in [0, 0.05) is 38.0 Å². The molecule has 3 aromatic heterocycles. The molecule has 3 heterocycles. The van der Waals surface area contributed by atoms with Gasteiger partial charge >= 0.3 is 0 Å². The Kier molecular flexibility index (Phi) is 9.15.